The molecular weight excluding hydrogens is 483 g/mol. The molecule has 3 aromatic rings. The first kappa shape index (κ1) is 29.3. The van der Waals surface area contributed by atoms with E-state index in [2.05, 4.69) is 29.8 Å². The molecule has 2 aromatic carbocycles. The summed E-state index contributed by atoms with van der Waals surface area (Å²) in [6.45, 7) is 13.8. The molecule has 204 valence electrons. The lowest BCUT2D eigenvalue weighted by atomic mass is 9.93. The molecule has 0 saturated heterocycles. The lowest BCUT2D eigenvalue weighted by Gasteiger charge is -2.34. The number of carbonyl (C=O) groups excluding carboxylic acids is 1. The summed E-state index contributed by atoms with van der Waals surface area (Å²) in [5.41, 5.74) is 5.00. The van der Waals surface area contributed by atoms with Crippen molar-refractivity contribution in [2.75, 3.05) is 20.3 Å². The summed E-state index contributed by atoms with van der Waals surface area (Å²) in [7, 11) is 1.64. The summed E-state index contributed by atoms with van der Waals surface area (Å²) in [5.74, 6) is 0.0551. The maximum atomic E-state index is 13.5. The van der Waals surface area contributed by atoms with Crippen LogP contribution in [0.25, 0.3) is 22.4 Å². The van der Waals surface area contributed by atoms with Crippen LogP contribution < -0.4 is 4.74 Å². The smallest absolute Gasteiger partial charge is 0.310 e. The molecule has 7 heteroatoms. The minimum absolute atomic E-state index is 0.127. The Morgan fingerprint density at radius 2 is 1.82 bits per heavy atom. The number of halogens is 1. The van der Waals surface area contributed by atoms with Gasteiger partial charge in [-0.1, -0.05) is 25.1 Å². The van der Waals surface area contributed by atoms with Crippen LogP contribution in [0.1, 0.15) is 52.7 Å². The van der Waals surface area contributed by atoms with Crippen molar-refractivity contribution in [1.82, 2.24) is 9.88 Å². The Balaban J connectivity index is 2.11. The molecule has 0 N–H and O–H groups in total. The zero-order valence-electron chi connectivity index (χ0n) is 23.5. The number of nitrogens with zero attached hydrogens (tertiary/aromatic N) is 2. The van der Waals surface area contributed by atoms with Crippen molar-refractivity contribution in [2.45, 2.75) is 66.3 Å². The largest absolute Gasteiger partial charge is 0.496 e. The summed E-state index contributed by atoms with van der Waals surface area (Å²) in [6.07, 6.45) is 1.27. The maximum Gasteiger partial charge on any atom is 0.310 e. The van der Waals surface area contributed by atoms with Crippen LogP contribution in [0.2, 0.25) is 0 Å². The molecule has 0 saturated carbocycles. The second-order valence-corrected chi connectivity index (χ2v) is 10.1. The fourth-order valence-corrected chi connectivity index (χ4v) is 4.45. The highest BCUT2D eigenvalue weighted by molar-refractivity contribution is 5.79. The summed E-state index contributed by atoms with van der Waals surface area (Å²) < 4.78 is 30.7. The van der Waals surface area contributed by atoms with Crippen molar-refractivity contribution in [3.63, 3.8) is 0 Å². The first-order valence-electron chi connectivity index (χ1n) is 13.0. The molecule has 0 aliphatic carbocycles. The lowest BCUT2D eigenvalue weighted by Crippen LogP contribution is -2.39. The van der Waals surface area contributed by atoms with E-state index in [1.165, 1.54) is 12.3 Å². The van der Waals surface area contributed by atoms with Crippen molar-refractivity contribution >= 4 is 5.97 Å². The van der Waals surface area contributed by atoms with Gasteiger partial charge in [0.1, 0.15) is 17.8 Å². The lowest BCUT2D eigenvalue weighted by molar-refractivity contribution is -0.142. The third kappa shape index (κ3) is 7.85. The Morgan fingerprint density at radius 3 is 2.42 bits per heavy atom. The van der Waals surface area contributed by atoms with Crippen LogP contribution in [-0.2, 0) is 27.2 Å². The first-order chi connectivity index (χ1) is 18.0. The molecule has 6 nitrogen and oxygen atoms in total. The number of ether oxygens (including phenoxy) is 3. The summed E-state index contributed by atoms with van der Waals surface area (Å²) in [4.78, 5) is 18.7. The number of pyridine rings is 1. The van der Waals surface area contributed by atoms with Crippen molar-refractivity contribution in [2.24, 2.45) is 0 Å². The van der Waals surface area contributed by atoms with E-state index in [0.717, 1.165) is 34.4 Å². The molecule has 0 aliphatic heterocycles. The van der Waals surface area contributed by atoms with Crippen LogP contribution in [0.3, 0.4) is 0 Å². The van der Waals surface area contributed by atoms with E-state index in [9.17, 15) is 9.18 Å². The fraction of sp³-hybridized carbons (Fsp3) is 0.419. The van der Waals surface area contributed by atoms with Gasteiger partial charge in [-0.05, 0) is 88.2 Å². The molecule has 0 radical (unpaired) electrons. The van der Waals surface area contributed by atoms with Crippen LogP contribution in [-0.4, -0.2) is 47.9 Å². The number of hydrogen-bond acceptors (Lipinski definition) is 6. The molecule has 0 bridgehead atoms. The van der Waals surface area contributed by atoms with Gasteiger partial charge in [-0.2, -0.15) is 0 Å². The van der Waals surface area contributed by atoms with Gasteiger partial charge in [-0.25, -0.2) is 4.39 Å². The van der Waals surface area contributed by atoms with Gasteiger partial charge in [0.25, 0.3) is 0 Å². The third-order valence-electron chi connectivity index (χ3n) is 6.15. The van der Waals surface area contributed by atoms with E-state index in [1.54, 1.807) is 20.1 Å². The Kier molecular flexibility index (Phi) is 10.00. The summed E-state index contributed by atoms with van der Waals surface area (Å²) >= 11 is 0. The van der Waals surface area contributed by atoms with Crippen molar-refractivity contribution in [3.05, 3.63) is 71.7 Å². The van der Waals surface area contributed by atoms with Crippen LogP contribution in [0.5, 0.6) is 5.75 Å². The van der Waals surface area contributed by atoms with E-state index in [1.807, 2.05) is 51.1 Å². The molecule has 1 aromatic heterocycles. The van der Waals surface area contributed by atoms with E-state index < -0.39 is 0 Å². The molecule has 1 heterocycles. The highest BCUT2D eigenvalue weighted by atomic mass is 19.1. The quantitative estimate of drug-likeness (QED) is 0.208. The van der Waals surface area contributed by atoms with Crippen LogP contribution in [0, 0.1) is 5.82 Å². The second-order valence-electron chi connectivity index (χ2n) is 10.1. The van der Waals surface area contributed by atoms with Gasteiger partial charge in [0.05, 0.1) is 37.6 Å². The zero-order chi connectivity index (χ0) is 27.9. The topological polar surface area (TPSA) is 60.9 Å². The Bertz CT molecular complexity index is 1220. The normalized spacial score (nSPS) is 12.4. The highest BCUT2D eigenvalue weighted by Gasteiger charge is 2.22. The molecule has 0 aliphatic rings. The fourth-order valence-electron chi connectivity index (χ4n) is 4.45. The number of hydrogen-bond donors (Lipinski definition) is 0. The Hall–Kier alpha value is -3.29. The predicted octanol–water partition coefficient (Wildman–Crippen LogP) is 6.65. The highest BCUT2D eigenvalue weighted by Crippen LogP contribution is 2.36. The standard InChI is InChI=1S/C31H39FN2O4/c1-8-34(21(3)38-31(4,5)6)20-24-18-23(28-14-12-25(32)19-33-28)11-13-26(24)27-16-22(10-15-29(27)36-7)17-30(35)37-9-2/h10-16,18-19,21H,8-9,17,20H2,1-7H3/t21-/m0/s1. The molecule has 1 atom stereocenters. The SMILES string of the molecule is CCOC(=O)Cc1ccc(OC)c(-c2ccc(-c3ccc(F)cn3)cc2CN(CC)[C@H](C)OC(C)(C)C)c1. The van der Waals surface area contributed by atoms with E-state index in [0.29, 0.717) is 24.6 Å². The third-order valence-corrected chi connectivity index (χ3v) is 6.15. The van der Waals surface area contributed by atoms with Crippen molar-refractivity contribution < 1.29 is 23.4 Å². The predicted molar refractivity (Wildman–Crippen MR) is 148 cm³/mol. The summed E-state index contributed by atoms with van der Waals surface area (Å²) in [5, 5.41) is 0. The number of esters is 1. The molecule has 0 spiro atoms. The Labute approximate surface area is 225 Å². The minimum Gasteiger partial charge on any atom is -0.496 e. The second kappa shape index (κ2) is 13.0. The molecule has 0 unspecified atom stereocenters. The number of aromatic nitrogens is 1. The van der Waals surface area contributed by atoms with Gasteiger partial charge < -0.3 is 14.2 Å². The van der Waals surface area contributed by atoms with Gasteiger partial charge >= 0.3 is 5.97 Å². The van der Waals surface area contributed by atoms with Crippen LogP contribution in [0.4, 0.5) is 4.39 Å². The molecule has 3 rings (SSSR count). The van der Waals surface area contributed by atoms with E-state index >= 15 is 0 Å². The van der Waals surface area contributed by atoms with Gasteiger partial charge in [0.15, 0.2) is 0 Å². The molecular formula is C31H39FN2O4. The Morgan fingerprint density at radius 1 is 1.05 bits per heavy atom. The maximum absolute atomic E-state index is 13.5. The molecule has 38 heavy (non-hydrogen) atoms. The van der Waals surface area contributed by atoms with E-state index in [-0.39, 0.29) is 30.0 Å². The molecule has 0 amide bonds. The molecule has 0 fully saturated rings. The van der Waals surface area contributed by atoms with Gasteiger partial charge in [0.2, 0.25) is 0 Å². The summed E-state index contributed by atoms with van der Waals surface area (Å²) in [6, 6.07) is 14.9. The minimum atomic E-state index is -0.376. The zero-order valence-corrected chi connectivity index (χ0v) is 23.5. The van der Waals surface area contributed by atoms with Crippen LogP contribution in [0.15, 0.2) is 54.7 Å². The number of methoxy groups -OCH3 is 1. The van der Waals surface area contributed by atoms with Crippen molar-refractivity contribution in [3.8, 4) is 28.1 Å². The first-order valence-corrected chi connectivity index (χ1v) is 13.0. The van der Waals surface area contributed by atoms with Gasteiger partial charge in [-0.15, -0.1) is 0 Å². The van der Waals surface area contributed by atoms with Gasteiger partial charge in [0, 0.05) is 17.7 Å². The van der Waals surface area contributed by atoms with Crippen molar-refractivity contribution in [1.29, 1.82) is 0 Å². The van der Waals surface area contributed by atoms with Gasteiger partial charge in [-0.3, -0.25) is 14.7 Å². The number of benzene rings is 2. The van der Waals surface area contributed by atoms with Crippen LogP contribution >= 0.6 is 0 Å². The number of rotatable bonds is 11. The van der Waals surface area contributed by atoms with E-state index in [4.69, 9.17) is 14.2 Å². The average Bonchev–Trinajstić information content (AvgIpc) is 2.86. The average molecular weight is 523 g/mol. The monoisotopic (exact) mass is 522 g/mol. The number of carbonyl (C=O) groups is 1.